The predicted octanol–water partition coefficient (Wildman–Crippen LogP) is 1.89. The zero-order valence-electron chi connectivity index (χ0n) is 4.13. The van der Waals surface area contributed by atoms with Gasteiger partial charge in [-0.25, -0.2) is 0 Å². The van der Waals surface area contributed by atoms with Gasteiger partial charge in [0.25, 0.3) is 0 Å². The van der Waals surface area contributed by atoms with E-state index in [-0.39, 0.29) is 5.71 Å². The second kappa shape index (κ2) is 2.05. The van der Waals surface area contributed by atoms with E-state index in [4.69, 9.17) is 17.0 Å². The van der Waals surface area contributed by atoms with Gasteiger partial charge in [0.05, 0.1) is 6.42 Å². The molecule has 0 spiro atoms. The first-order valence-corrected chi connectivity index (χ1v) is 2.61. The van der Waals surface area contributed by atoms with Gasteiger partial charge in [-0.05, 0) is 5.71 Å². The Labute approximate surface area is 53.2 Å². The fraction of sp³-hybridized carbons (Fsp3) is 0. The summed E-state index contributed by atoms with van der Waals surface area (Å²) < 4.78 is 0. The Bertz CT molecular complexity index is 167. The maximum atomic E-state index is 8.73. The van der Waals surface area contributed by atoms with E-state index < -0.39 is 0 Å². The van der Waals surface area contributed by atoms with Crippen molar-refractivity contribution in [2.45, 2.75) is 0 Å². The Morgan fingerprint density at radius 2 is 2.38 bits per heavy atom. The van der Waals surface area contributed by atoms with Crippen LogP contribution in [0.3, 0.4) is 0 Å². The summed E-state index contributed by atoms with van der Waals surface area (Å²) in [6.07, 6.45) is 6.46. The first-order chi connectivity index (χ1) is 3.79. The summed E-state index contributed by atoms with van der Waals surface area (Å²) in [7, 11) is 0. The van der Waals surface area contributed by atoms with E-state index in [1.807, 2.05) is 0 Å². The fourth-order valence-corrected chi connectivity index (χ4v) is 0.661. The maximum absolute atomic E-state index is 8.73. The van der Waals surface area contributed by atoms with Gasteiger partial charge in [0.2, 0.25) is 0 Å². The van der Waals surface area contributed by atoms with Gasteiger partial charge in [0.15, 0.2) is 0 Å². The fourth-order valence-electron chi connectivity index (χ4n) is 0.476. The van der Waals surface area contributed by atoms with E-state index in [1.165, 1.54) is 6.08 Å². The molecule has 1 rings (SSSR count). The first kappa shape index (κ1) is 5.45. The lowest BCUT2D eigenvalue weighted by Crippen LogP contribution is -1.89. The molecule has 0 saturated carbocycles. The largest absolute Gasteiger partial charge is 0.779 e. The molecule has 2 heteroatoms. The molecule has 0 radical (unpaired) electrons. The Kier molecular flexibility index (Phi) is 1.40. The Morgan fingerprint density at radius 1 is 1.62 bits per heavy atom. The third-order valence-corrected chi connectivity index (χ3v) is 1.04. The lowest BCUT2D eigenvalue weighted by atomic mass is 10.2. The molecule has 0 fully saturated rings. The van der Waals surface area contributed by atoms with Gasteiger partial charge in [-0.15, -0.1) is 0 Å². The smallest absolute Gasteiger partial charge is 0.148 e. The van der Waals surface area contributed by atoms with Gasteiger partial charge in [0.1, 0.15) is 5.03 Å². The van der Waals surface area contributed by atoms with Crippen molar-refractivity contribution in [1.82, 2.24) is 0 Å². The van der Waals surface area contributed by atoms with Crippen LogP contribution in [0.25, 0.3) is 5.41 Å². The molecule has 0 aliphatic heterocycles. The quantitative estimate of drug-likeness (QED) is 0.442. The molecule has 0 aromatic heterocycles. The van der Waals surface area contributed by atoms with E-state index >= 15 is 0 Å². The SMILES string of the molecule is [N-]=C1C=C[CH+]C(Cl)=C1. The first-order valence-electron chi connectivity index (χ1n) is 2.23. The van der Waals surface area contributed by atoms with Crippen molar-refractivity contribution < 1.29 is 0 Å². The summed E-state index contributed by atoms with van der Waals surface area (Å²) in [4.78, 5) is 0. The van der Waals surface area contributed by atoms with Crippen LogP contribution in [0.1, 0.15) is 0 Å². The highest BCUT2D eigenvalue weighted by Gasteiger charge is 2.00. The van der Waals surface area contributed by atoms with Crippen LogP contribution in [0.15, 0.2) is 23.3 Å². The monoisotopic (exact) mass is 125 g/mol. The number of allylic oxidation sites excluding steroid dienone is 4. The van der Waals surface area contributed by atoms with Crippen molar-refractivity contribution in [1.29, 1.82) is 0 Å². The maximum Gasteiger partial charge on any atom is 0.148 e. The van der Waals surface area contributed by atoms with Crippen LogP contribution < -0.4 is 0 Å². The lowest BCUT2D eigenvalue weighted by Gasteiger charge is -1.96. The molecule has 8 heavy (non-hydrogen) atoms. The molecule has 0 aromatic rings. The Hall–Kier alpha value is -0.690. The normalized spacial score (nSPS) is 17.6. The van der Waals surface area contributed by atoms with E-state index in [2.05, 4.69) is 0 Å². The van der Waals surface area contributed by atoms with Crippen LogP contribution in [0.2, 0.25) is 0 Å². The van der Waals surface area contributed by atoms with E-state index in [1.54, 1.807) is 18.6 Å². The topological polar surface area (TPSA) is 22.3 Å². The highest BCUT2D eigenvalue weighted by atomic mass is 35.5. The molecule has 1 aliphatic rings. The Morgan fingerprint density at radius 3 is 2.75 bits per heavy atom. The standard InChI is InChI=1S/C6H4ClN/c7-5-2-1-3-6(8)4-5/h1-4H. The highest BCUT2D eigenvalue weighted by Crippen LogP contribution is 2.10. The molecule has 0 N–H and O–H groups in total. The van der Waals surface area contributed by atoms with Gasteiger partial charge in [-0.3, -0.25) is 0 Å². The summed E-state index contributed by atoms with van der Waals surface area (Å²) in [5.41, 5.74) is 0.206. The van der Waals surface area contributed by atoms with Crippen LogP contribution in [0.4, 0.5) is 0 Å². The predicted molar refractivity (Wildman–Crippen MR) is 35.7 cm³/mol. The van der Waals surface area contributed by atoms with E-state index in [0.29, 0.717) is 5.03 Å². The number of hydrogen-bond donors (Lipinski definition) is 0. The second-order valence-corrected chi connectivity index (χ2v) is 1.92. The van der Waals surface area contributed by atoms with E-state index in [0.717, 1.165) is 0 Å². The molecule has 0 amide bonds. The minimum Gasteiger partial charge on any atom is -0.779 e. The van der Waals surface area contributed by atoms with E-state index in [9.17, 15) is 0 Å². The van der Waals surface area contributed by atoms with Crippen LogP contribution in [-0.2, 0) is 0 Å². The molecule has 0 bridgehead atoms. The minimum absolute atomic E-state index is 0.206. The molecule has 0 aromatic carbocycles. The lowest BCUT2D eigenvalue weighted by molar-refractivity contribution is 1.68. The molecule has 0 unspecified atom stereocenters. The summed E-state index contributed by atoms with van der Waals surface area (Å²) in [6, 6.07) is 0. The van der Waals surface area contributed by atoms with Gasteiger partial charge in [-0.1, -0.05) is 11.6 Å². The third kappa shape index (κ3) is 1.14. The van der Waals surface area contributed by atoms with Gasteiger partial charge in [-0.2, -0.15) is 0 Å². The average molecular weight is 126 g/mol. The van der Waals surface area contributed by atoms with Crippen LogP contribution in [-0.4, -0.2) is 5.71 Å². The minimum atomic E-state index is 0.206. The molecule has 40 valence electrons. The molecule has 1 nitrogen and oxygen atoms in total. The van der Waals surface area contributed by atoms with Crippen LogP contribution >= 0.6 is 11.6 Å². The van der Waals surface area contributed by atoms with Crippen molar-refractivity contribution in [2.75, 3.05) is 0 Å². The van der Waals surface area contributed by atoms with Crippen LogP contribution in [0, 0.1) is 6.42 Å². The molecule has 0 saturated heterocycles. The van der Waals surface area contributed by atoms with Crippen molar-refractivity contribution in [3.05, 3.63) is 35.1 Å². The zero-order chi connectivity index (χ0) is 5.98. The van der Waals surface area contributed by atoms with Crippen molar-refractivity contribution >= 4 is 17.3 Å². The van der Waals surface area contributed by atoms with Crippen molar-refractivity contribution in [3.8, 4) is 0 Å². The zero-order valence-corrected chi connectivity index (χ0v) is 4.89. The molecular formula is C6H4ClN. The highest BCUT2D eigenvalue weighted by molar-refractivity contribution is 6.34. The van der Waals surface area contributed by atoms with Crippen molar-refractivity contribution in [2.24, 2.45) is 0 Å². The summed E-state index contributed by atoms with van der Waals surface area (Å²) in [5.74, 6) is 0. The second-order valence-electron chi connectivity index (χ2n) is 1.48. The third-order valence-electron chi connectivity index (χ3n) is 0.808. The van der Waals surface area contributed by atoms with Crippen molar-refractivity contribution in [3.63, 3.8) is 0 Å². The number of rotatable bonds is 0. The number of halogens is 1. The molecular weight excluding hydrogens is 122 g/mol. The Balaban J connectivity index is 2.74. The van der Waals surface area contributed by atoms with Gasteiger partial charge >= 0.3 is 0 Å². The average Bonchev–Trinajstić information content (AvgIpc) is 1.64. The summed E-state index contributed by atoms with van der Waals surface area (Å²) in [6.45, 7) is 0. The molecule has 1 aliphatic carbocycles. The molecule has 0 atom stereocenters. The van der Waals surface area contributed by atoms with Crippen LogP contribution in [0.5, 0.6) is 0 Å². The van der Waals surface area contributed by atoms with Gasteiger partial charge in [0, 0.05) is 18.2 Å². The summed E-state index contributed by atoms with van der Waals surface area (Å²) >= 11 is 5.48. The number of nitrogens with zero attached hydrogens (tertiary/aromatic N) is 1. The number of hydrogen-bond acceptors (Lipinski definition) is 0. The molecule has 0 heterocycles. The summed E-state index contributed by atoms with van der Waals surface area (Å²) in [5, 5.41) is 9.29. The van der Waals surface area contributed by atoms with Gasteiger partial charge < -0.3 is 5.41 Å².